The lowest BCUT2D eigenvalue weighted by Crippen LogP contribution is -1.96. The molecule has 1 aromatic heterocycles. The van der Waals surface area contributed by atoms with E-state index < -0.39 is 6.10 Å². The zero-order valence-corrected chi connectivity index (χ0v) is 11.2. The van der Waals surface area contributed by atoms with Crippen LogP contribution in [0.25, 0.3) is 0 Å². The van der Waals surface area contributed by atoms with Gasteiger partial charge in [0.25, 0.3) is 5.22 Å². The molecule has 0 radical (unpaired) electrons. The molecule has 0 aliphatic carbocycles. The molecule has 1 N–H and O–H groups in total. The third kappa shape index (κ3) is 2.57. The van der Waals surface area contributed by atoms with Crippen LogP contribution in [0.2, 0.25) is 0 Å². The summed E-state index contributed by atoms with van der Waals surface area (Å²) in [6, 6.07) is 4.63. The van der Waals surface area contributed by atoms with Crippen molar-refractivity contribution in [1.29, 1.82) is 0 Å². The topological polar surface area (TPSA) is 46.3 Å². The van der Waals surface area contributed by atoms with Crippen LogP contribution in [0.5, 0.6) is 0 Å². The molecular formula is C13H14FNO2S. The third-order valence-electron chi connectivity index (χ3n) is 2.65. The van der Waals surface area contributed by atoms with Crippen LogP contribution in [-0.4, -0.2) is 10.1 Å². The fourth-order valence-corrected chi connectivity index (χ4v) is 2.58. The first kappa shape index (κ1) is 13.1. The molecule has 1 aromatic carbocycles. The van der Waals surface area contributed by atoms with Crippen molar-refractivity contribution in [3.05, 3.63) is 41.0 Å². The van der Waals surface area contributed by atoms with Gasteiger partial charge in [-0.15, -0.1) is 0 Å². The molecule has 0 saturated heterocycles. The van der Waals surface area contributed by atoms with Crippen molar-refractivity contribution >= 4 is 11.8 Å². The molecule has 0 aliphatic rings. The predicted molar refractivity (Wildman–Crippen MR) is 67.1 cm³/mol. The normalized spacial score (nSPS) is 12.7. The summed E-state index contributed by atoms with van der Waals surface area (Å²) in [7, 11) is 0. The van der Waals surface area contributed by atoms with E-state index in [1.807, 2.05) is 13.8 Å². The highest BCUT2D eigenvalue weighted by Crippen LogP contribution is 2.35. The Morgan fingerprint density at radius 2 is 2.11 bits per heavy atom. The molecule has 5 heteroatoms. The standard InChI is InChI=1S/C13H14FNO2S/c1-7-9(3)17-13(15-7)18-12-10(8(2)16)5-4-6-11(12)14/h4-6,8,16H,1-3H3. The first-order chi connectivity index (χ1) is 8.49. The van der Waals surface area contributed by atoms with Gasteiger partial charge >= 0.3 is 0 Å². The number of hydrogen-bond donors (Lipinski definition) is 1. The van der Waals surface area contributed by atoms with Crippen LogP contribution in [0.3, 0.4) is 0 Å². The van der Waals surface area contributed by atoms with Crippen LogP contribution < -0.4 is 0 Å². The molecule has 2 rings (SSSR count). The van der Waals surface area contributed by atoms with E-state index in [-0.39, 0.29) is 5.82 Å². The number of aliphatic hydroxyl groups excluding tert-OH is 1. The van der Waals surface area contributed by atoms with E-state index in [9.17, 15) is 9.50 Å². The fraction of sp³-hybridized carbons (Fsp3) is 0.308. The predicted octanol–water partition coefficient (Wildman–Crippen LogP) is 3.64. The lowest BCUT2D eigenvalue weighted by molar-refractivity contribution is 0.195. The summed E-state index contributed by atoms with van der Waals surface area (Å²) in [4.78, 5) is 4.55. The smallest absolute Gasteiger partial charge is 0.261 e. The van der Waals surface area contributed by atoms with E-state index in [0.717, 1.165) is 17.5 Å². The van der Waals surface area contributed by atoms with Gasteiger partial charge in [-0.05, 0) is 44.2 Å². The zero-order chi connectivity index (χ0) is 13.3. The number of aliphatic hydroxyl groups is 1. The van der Waals surface area contributed by atoms with Crippen molar-refractivity contribution in [2.24, 2.45) is 0 Å². The molecular weight excluding hydrogens is 253 g/mol. The molecule has 1 atom stereocenters. The van der Waals surface area contributed by atoms with E-state index in [1.165, 1.54) is 6.07 Å². The van der Waals surface area contributed by atoms with Gasteiger partial charge in [-0.1, -0.05) is 12.1 Å². The van der Waals surface area contributed by atoms with Gasteiger partial charge in [0.05, 0.1) is 16.7 Å². The first-order valence-corrected chi connectivity index (χ1v) is 6.39. The molecule has 1 unspecified atom stereocenters. The molecule has 2 aromatic rings. The van der Waals surface area contributed by atoms with Gasteiger partial charge in [0.2, 0.25) is 0 Å². The summed E-state index contributed by atoms with van der Waals surface area (Å²) in [6.07, 6.45) is -0.736. The minimum atomic E-state index is -0.736. The van der Waals surface area contributed by atoms with Crippen LogP contribution >= 0.6 is 11.8 Å². The number of hydrogen-bond acceptors (Lipinski definition) is 4. The molecule has 96 valence electrons. The Balaban J connectivity index is 2.39. The molecule has 18 heavy (non-hydrogen) atoms. The Bertz CT molecular complexity index is 547. The average molecular weight is 267 g/mol. The minimum absolute atomic E-state index is 0.355. The third-order valence-corrected chi connectivity index (χ3v) is 3.63. The Kier molecular flexibility index (Phi) is 3.73. The molecule has 0 amide bonds. The summed E-state index contributed by atoms with van der Waals surface area (Å²) >= 11 is 1.09. The SMILES string of the molecule is Cc1nc(Sc2c(F)cccc2C(C)O)oc1C. The van der Waals surface area contributed by atoms with Gasteiger partial charge in [-0.2, -0.15) is 0 Å². The van der Waals surface area contributed by atoms with Gasteiger partial charge in [0, 0.05) is 0 Å². The van der Waals surface area contributed by atoms with Crippen molar-refractivity contribution in [1.82, 2.24) is 4.98 Å². The van der Waals surface area contributed by atoms with E-state index in [1.54, 1.807) is 19.1 Å². The second-order valence-corrected chi connectivity index (χ2v) is 5.02. The molecule has 0 spiro atoms. The minimum Gasteiger partial charge on any atom is -0.436 e. The van der Waals surface area contributed by atoms with Crippen molar-refractivity contribution in [3.63, 3.8) is 0 Å². The highest BCUT2D eigenvalue weighted by Gasteiger charge is 2.16. The number of rotatable bonds is 3. The lowest BCUT2D eigenvalue weighted by atomic mass is 10.1. The highest BCUT2D eigenvalue weighted by molar-refractivity contribution is 7.99. The van der Waals surface area contributed by atoms with Gasteiger partial charge in [-0.3, -0.25) is 0 Å². The van der Waals surface area contributed by atoms with E-state index in [4.69, 9.17) is 4.42 Å². The van der Waals surface area contributed by atoms with E-state index >= 15 is 0 Å². The number of benzene rings is 1. The van der Waals surface area contributed by atoms with Crippen molar-refractivity contribution in [3.8, 4) is 0 Å². The van der Waals surface area contributed by atoms with E-state index in [0.29, 0.717) is 21.4 Å². The summed E-state index contributed by atoms with van der Waals surface area (Å²) < 4.78 is 19.2. The highest BCUT2D eigenvalue weighted by atomic mass is 32.2. The number of nitrogens with zero attached hydrogens (tertiary/aromatic N) is 1. The van der Waals surface area contributed by atoms with Crippen LogP contribution in [0.1, 0.15) is 30.0 Å². The Morgan fingerprint density at radius 3 is 2.67 bits per heavy atom. The number of halogens is 1. The first-order valence-electron chi connectivity index (χ1n) is 5.57. The van der Waals surface area contributed by atoms with Crippen molar-refractivity contribution in [2.45, 2.75) is 37.0 Å². The molecule has 1 heterocycles. The second-order valence-electron chi connectivity index (χ2n) is 4.06. The molecule has 3 nitrogen and oxygen atoms in total. The fourth-order valence-electron chi connectivity index (χ4n) is 1.54. The Morgan fingerprint density at radius 1 is 1.39 bits per heavy atom. The molecule has 0 aliphatic heterocycles. The van der Waals surface area contributed by atoms with Crippen molar-refractivity contribution < 1.29 is 13.9 Å². The maximum atomic E-state index is 13.8. The Labute approximate surface area is 109 Å². The largest absolute Gasteiger partial charge is 0.436 e. The van der Waals surface area contributed by atoms with Gasteiger partial charge < -0.3 is 9.52 Å². The summed E-state index contributed by atoms with van der Waals surface area (Å²) in [5, 5.41) is 10.0. The summed E-state index contributed by atoms with van der Waals surface area (Å²) in [6.45, 7) is 5.24. The zero-order valence-electron chi connectivity index (χ0n) is 10.4. The second kappa shape index (κ2) is 5.12. The summed E-state index contributed by atoms with van der Waals surface area (Å²) in [5.74, 6) is 0.333. The maximum Gasteiger partial charge on any atom is 0.261 e. The number of oxazole rings is 1. The van der Waals surface area contributed by atoms with Gasteiger partial charge in [-0.25, -0.2) is 9.37 Å². The molecule has 0 saturated carbocycles. The molecule has 0 bridgehead atoms. The average Bonchev–Trinajstić information content (AvgIpc) is 2.60. The molecule has 0 fully saturated rings. The van der Waals surface area contributed by atoms with Crippen LogP contribution in [-0.2, 0) is 0 Å². The Hall–Kier alpha value is -1.33. The van der Waals surface area contributed by atoms with Gasteiger partial charge in [0.1, 0.15) is 11.6 Å². The van der Waals surface area contributed by atoms with E-state index in [2.05, 4.69) is 4.98 Å². The van der Waals surface area contributed by atoms with Crippen LogP contribution in [0, 0.1) is 19.7 Å². The van der Waals surface area contributed by atoms with Crippen molar-refractivity contribution in [2.75, 3.05) is 0 Å². The van der Waals surface area contributed by atoms with Crippen LogP contribution in [0.4, 0.5) is 4.39 Å². The number of aromatic nitrogens is 1. The maximum absolute atomic E-state index is 13.8. The monoisotopic (exact) mass is 267 g/mol. The lowest BCUT2D eigenvalue weighted by Gasteiger charge is -2.10. The van der Waals surface area contributed by atoms with Gasteiger partial charge in [0.15, 0.2) is 0 Å². The summed E-state index contributed by atoms with van der Waals surface area (Å²) in [5.41, 5.74) is 1.32. The quantitative estimate of drug-likeness (QED) is 0.922. The van der Waals surface area contributed by atoms with Crippen LogP contribution in [0.15, 0.2) is 32.7 Å². The number of aryl methyl sites for hydroxylation is 2.